The summed E-state index contributed by atoms with van der Waals surface area (Å²) in [6.45, 7) is 0.718. The van der Waals surface area contributed by atoms with Gasteiger partial charge in [0.25, 0.3) is 0 Å². The average molecular weight is 273 g/mol. The van der Waals surface area contributed by atoms with Gasteiger partial charge < -0.3 is 4.57 Å². The molecule has 1 fully saturated rings. The van der Waals surface area contributed by atoms with Crippen molar-refractivity contribution >= 4 is 11.0 Å². The van der Waals surface area contributed by atoms with Crippen LogP contribution in [-0.4, -0.2) is 9.55 Å². The van der Waals surface area contributed by atoms with Crippen LogP contribution in [-0.2, 0) is 6.54 Å². The predicted molar refractivity (Wildman–Crippen MR) is 82.0 cm³/mol. The van der Waals surface area contributed by atoms with Crippen LogP contribution in [0.3, 0.4) is 0 Å². The molecule has 102 valence electrons. The van der Waals surface area contributed by atoms with E-state index in [0.717, 1.165) is 28.7 Å². The number of para-hydroxylation sites is 2. The molecule has 1 heterocycles. The molecular formula is C18H15N3. The maximum absolute atomic E-state index is 9.28. The maximum Gasteiger partial charge on any atom is 0.113 e. The van der Waals surface area contributed by atoms with Crippen LogP contribution in [0, 0.1) is 11.3 Å². The highest BCUT2D eigenvalue weighted by molar-refractivity contribution is 5.76. The van der Waals surface area contributed by atoms with E-state index in [1.54, 1.807) is 0 Å². The molecule has 1 saturated carbocycles. The number of aromatic nitrogens is 2. The fourth-order valence-corrected chi connectivity index (χ4v) is 2.85. The number of hydrogen-bond acceptors (Lipinski definition) is 2. The van der Waals surface area contributed by atoms with Crippen LogP contribution in [0.15, 0.2) is 48.5 Å². The van der Waals surface area contributed by atoms with Crippen LogP contribution in [0.5, 0.6) is 0 Å². The van der Waals surface area contributed by atoms with Gasteiger partial charge >= 0.3 is 0 Å². The molecule has 21 heavy (non-hydrogen) atoms. The molecule has 3 aromatic rings. The summed E-state index contributed by atoms with van der Waals surface area (Å²) in [5.74, 6) is 1.76. The molecule has 0 spiro atoms. The van der Waals surface area contributed by atoms with Crippen LogP contribution < -0.4 is 0 Å². The molecule has 3 heteroatoms. The maximum atomic E-state index is 9.28. The second kappa shape index (κ2) is 4.75. The standard InChI is InChI=1S/C18H15N3/c19-11-14-5-1-2-6-15(14)12-21-17-8-4-3-7-16(17)20-18(21)13-9-10-13/h1-8,13H,9-10,12H2. The summed E-state index contributed by atoms with van der Waals surface area (Å²) in [5, 5.41) is 9.28. The highest BCUT2D eigenvalue weighted by Crippen LogP contribution is 2.40. The van der Waals surface area contributed by atoms with Crippen molar-refractivity contribution in [2.45, 2.75) is 25.3 Å². The van der Waals surface area contributed by atoms with Gasteiger partial charge in [0.1, 0.15) is 5.82 Å². The Morgan fingerprint density at radius 2 is 1.86 bits per heavy atom. The van der Waals surface area contributed by atoms with Crippen molar-refractivity contribution in [3.63, 3.8) is 0 Å². The topological polar surface area (TPSA) is 41.6 Å². The smallest absolute Gasteiger partial charge is 0.113 e. The van der Waals surface area contributed by atoms with E-state index in [0.29, 0.717) is 5.92 Å². The quantitative estimate of drug-likeness (QED) is 0.727. The SMILES string of the molecule is N#Cc1ccccc1Cn1c(C2CC2)nc2ccccc21. The molecule has 0 amide bonds. The molecule has 4 rings (SSSR count). The van der Waals surface area contributed by atoms with Crippen LogP contribution in [0.2, 0.25) is 0 Å². The summed E-state index contributed by atoms with van der Waals surface area (Å²) in [6.07, 6.45) is 2.45. The van der Waals surface area contributed by atoms with E-state index >= 15 is 0 Å². The number of nitriles is 1. The molecule has 2 aromatic carbocycles. The van der Waals surface area contributed by atoms with E-state index in [-0.39, 0.29) is 0 Å². The zero-order valence-corrected chi connectivity index (χ0v) is 11.7. The minimum atomic E-state index is 0.589. The van der Waals surface area contributed by atoms with E-state index in [1.807, 2.05) is 36.4 Å². The summed E-state index contributed by atoms with van der Waals surface area (Å²) in [5.41, 5.74) is 4.02. The Morgan fingerprint density at radius 3 is 2.67 bits per heavy atom. The Hall–Kier alpha value is -2.60. The molecule has 0 saturated heterocycles. The largest absolute Gasteiger partial charge is 0.323 e. The number of imidazole rings is 1. The Morgan fingerprint density at radius 1 is 1.10 bits per heavy atom. The van der Waals surface area contributed by atoms with Gasteiger partial charge in [0.2, 0.25) is 0 Å². The van der Waals surface area contributed by atoms with Gasteiger partial charge in [0, 0.05) is 5.92 Å². The van der Waals surface area contributed by atoms with Crippen molar-refractivity contribution in [3.8, 4) is 6.07 Å². The molecule has 0 unspecified atom stereocenters. The molecule has 0 atom stereocenters. The van der Waals surface area contributed by atoms with Gasteiger partial charge in [0.15, 0.2) is 0 Å². The van der Waals surface area contributed by atoms with E-state index in [1.165, 1.54) is 18.7 Å². The van der Waals surface area contributed by atoms with Crippen molar-refractivity contribution < 1.29 is 0 Å². The lowest BCUT2D eigenvalue weighted by Gasteiger charge is -2.10. The first-order chi connectivity index (χ1) is 10.4. The van der Waals surface area contributed by atoms with Gasteiger partial charge in [-0.15, -0.1) is 0 Å². The second-order valence-electron chi connectivity index (χ2n) is 5.59. The number of hydrogen-bond donors (Lipinski definition) is 0. The number of fused-ring (bicyclic) bond motifs is 1. The average Bonchev–Trinajstić information content (AvgIpc) is 3.31. The minimum absolute atomic E-state index is 0.589. The van der Waals surface area contributed by atoms with Crippen molar-refractivity contribution in [2.24, 2.45) is 0 Å². The first kappa shape index (κ1) is 12.2. The zero-order chi connectivity index (χ0) is 14.2. The third kappa shape index (κ3) is 2.09. The fourth-order valence-electron chi connectivity index (χ4n) is 2.85. The fraction of sp³-hybridized carbons (Fsp3) is 0.222. The zero-order valence-electron chi connectivity index (χ0n) is 11.7. The third-order valence-electron chi connectivity index (χ3n) is 4.09. The Kier molecular flexibility index (Phi) is 2.75. The highest BCUT2D eigenvalue weighted by atomic mass is 15.1. The molecule has 0 N–H and O–H groups in total. The van der Waals surface area contributed by atoms with Gasteiger partial charge in [0.05, 0.1) is 29.2 Å². The van der Waals surface area contributed by atoms with Gasteiger partial charge in [-0.05, 0) is 36.6 Å². The predicted octanol–water partition coefficient (Wildman–Crippen LogP) is 3.83. The third-order valence-corrected chi connectivity index (χ3v) is 4.09. The van der Waals surface area contributed by atoms with Crippen LogP contribution >= 0.6 is 0 Å². The summed E-state index contributed by atoms with van der Waals surface area (Å²) in [4.78, 5) is 4.81. The van der Waals surface area contributed by atoms with Gasteiger partial charge in [-0.1, -0.05) is 30.3 Å². The first-order valence-corrected chi connectivity index (χ1v) is 7.30. The second-order valence-corrected chi connectivity index (χ2v) is 5.59. The van der Waals surface area contributed by atoms with Crippen LogP contribution in [0.25, 0.3) is 11.0 Å². The summed E-state index contributed by atoms with van der Waals surface area (Å²) < 4.78 is 2.28. The minimum Gasteiger partial charge on any atom is -0.323 e. The molecule has 0 radical (unpaired) electrons. The molecular weight excluding hydrogens is 258 g/mol. The normalized spacial score (nSPS) is 14.2. The van der Waals surface area contributed by atoms with Gasteiger partial charge in [-0.2, -0.15) is 5.26 Å². The van der Waals surface area contributed by atoms with Crippen LogP contribution in [0.1, 0.15) is 35.7 Å². The summed E-state index contributed by atoms with van der Waals surface area (Å²) in [6, 6.07) is 18.4. The van der Waals surface area contributed by atoms with Gasteiger partial charge in [-0.25, -0.2) is 4.98 Å². The van der Waals surface area contributed by atoms with Crippen molar-refractivity contribution in [1.82, 2.24) is 9.55 Å². The lowest BCUT2D eigenvalue weighted by atomic mass is 10.1. The van der Waals surface area contributed by atoms with E-state index in [9.17, 15) is 5.26 Å². The Balaban J connectivity index is 1.86. The van der Waals surface area contributed by atoms with E-state index in [4.69, 9.17) is 4.98 Å². The number of rotatable bonds is 3. The van der Waals surface area contributed by atoms with Crippen molar-refractivity contribution in [3.05, 3.63) is 65.5 Å². The van der Waals surface area contributed by atoms with Crippen LogP contribution in [0.4, 0.5) is 0 Å². The van der Waals surface area contributed by atoms with Crippen molar-refractivity contribution in [1.29, 1.82) is 5.26 Å². The lowest BCUT2D eigenvalue weighted by molar-refractivity contribution is 0.745. The molecule has 1 aromatic heterocycles. The molecule has 1 aliphatic carbocycles. The Labute approximate surface area is 123 Å². The highest BCUT2D eigenvalue weighted by Gasteiger charge is 2.29. The lowest BCUT2D eigenvalue weighted by Crippen LogP contribution is -2.05. The Bertz CT molecular complexity index is 850. The molecule has 3 nitrogen and oxygen atoms in total. The van der Waals surface area contributed by atoms with E-state index in [2.05, 4.69) is 22.8 Å². The molecule has 1 aliphatic rings. The first-order valence-electron chi connectivity index (χ1n) is 7.30. The van der Waals surface area contributed by atoms with Gasteiger partial charge in [-0.3, -0.25) is 0 Å². The van der Waals surface area contributed by atoms with E-state index < -0.39 is 0 Å². The summed E-state index contributed by atoms with van der Waals surface area (Å²) >= 11 is 0. The summed E-state index contributed by atoms with van der Waals surface area (Å²) in [7, 11) is 0. The monoisotopic (exact) mass is 273 g/mol. The number of nitrogens with zero attached hydrogens (tertiary/aromatic N) is 3. The van der Waals surface area contributed by atoms with Crippen molar-refractivity contribution in [2.75, 3.05) is 0 Å². The molecule has 0 bridgehead atoms. The number of benzene rings is 2. The molecule has 0 aliphatic heterocycles.